The SMILES string of the molecule is O=C(Cc1nnc(NC(=O)c2ccc(Br)cc2)s1)N/N=C\c1ccc(O)cc1. The summed E-state index contributed by atoms with van der Waals surface area (Å²) in [5.41, 5.74) is 3.61. The van der Waals surface area contributed by atoms with Crippen LogP contribution in [0.25, 0.3) is 0 Å². The van der Waals surface area contributed by atoms with Gasteiger partial charge in [-0.1, -0.05) is 27.3 Å². The van der Waals surface area contributed by atoms with E-state index >= 15 is 0 Å². The van der Waals surface area contributed by atoms with Crippen molar-refractivity contribution in [2.45, 2.75) is 6.42 Å². The van der Waals surface area contributed by atoms with Crippen LogP contribution in [0.3, 0.4) is 0 Å². The molecule has 0 saturated heterocycles. The first kappa shape index (κ1) is 19.6. The van der Waals surface area contributed by atoms with E-state index in [0.29, 0.717) is 15.7 Å². The summed E-state index contributed by atoms with van der Waals surface area (Å²) in [6.45, 7) is 0. The molecule has 3 rings (SSSR count). The summed E-state index contributed by atoms with van der Waals surface area (Å²) in [4.78, 5) is 24.1. The Morgan fingerprint density at radius 1 is 1.11 bits per heavy atom. The fraction of sp³-hybridized carbons (Fsp3) is 0.0556. The second-order valence-corrected chi connectivity index (χ2v) is 7.50. The van der Waals surface area contributed by atoms with E-state index in [-0.39, 0.29) is 24.0 Å². The van der Waals surface area contributed by atoms with Gasteiger partial charge >= 0.3 is 0 Å². The molecule has 0 atom stereocenters. The first-order valence-electron chi connectivity index (χ1n) is 8.00. The summed E-state index contributed by atoms with van der Waals surface area (Å²) in [5, 5.41) is 24.2. The lowest BCUT2D eigenvalue weighted by Crippen LogP contribution is -2.19. The van der Waals surface area contributed by atoms with Crippen LogP contribution in [0.5, 0.6) is 5.75 Å². The third kappa shape index (κ3) is 5.69. The number of rotatable bonds is 6. The fourth-order valence-electron chi connectivity index (χ4n) is 2.06. The van der Waals surface area contributed by atoms with Crippen molar-refractivity contribution in [2.24, 2.45) is 5.10 Å². The molecule has 0 spiro atoms. The van der Waals surface area contributed by atoms with Gasteiger partial charge < -0.3 is 5.11 Å². The number of phenols is 1. The van der Waals surface area contributed by atoms with Gasteiger partial charge in [-0.05, 0) is 54.1 Å². The van der Waals surface area contributed by atoms with Gasteiger partial charge in [0.1, 0.15) is 10.8 Å². The number of anilines is 1. The maximum Gasteiger partial charge on any atom is 0.257 e. The van der Waals surface area contributed by atoms with E-state index in [1.807, 2.05) is 0 Å². The lowest BCUT2D eigenvalue weighted by molar-refractivity contribution is -0.120. The van der Waals surface area contributed by atoms with Gasteiger partial charge in [0.25, 0.3) is 5.91 Å². The normalized spacial score (nSPS) is 10.8. The molecule has 28 heavy (non-hydrogen) atoms. The molecule has 3 N–H and O–H groups in total. The number of aromatic nitrogens is 2. The number of aromatic hydroxyl groups is 1. The van der Waals surface area contributed by atoms with Crippen molar-refractivity contribution in [2.75, 3.05) is 5.32 Å². The lowest BCUT2D eigenvalue weighted by atomic mass is 10.2. The highest BCUT2D eigenvalue weighted by Gasteiger charge is 2.12. The maximum absolute atomic E-state index is 12.2. The Morgan fingerprint density at radius 2 is 1.82 bits per heavy atom. The molecule has 142 valence electrons. The largest absolute Gasteiger partial charge is 0.508 e. The number of amides is 2. The minimum Gasteiger partial charge on any atom is -0.508 e. The molecule has 0 bridgehead atoms. The van der Waals surface area contributed by atoms with E-state index < -0.39 is 0 Å². The lowest BCUT2D eigenvalue weighted by Gasteiger charge is -2.00. The summed E-state index contributed by atoms with van der Waals surface area (Å²) < 4.78 is 0.876. The molecule has 1 heterocycles. The highest BCUT2D eigenvalue weighted by molar-refractivity contribution is 9.10. The molecular weight excluding hydrogens is 446 g/mol. The number of hydrogen-bond acceptors (Lipinski definition) is 7. The molecule has 8 nitrogen and oxygen atoms in total. The summed E-state index contributed by atoms with van der Waals surface area (Å²) in [6.07, 6.45) is 1.44. The highest BCUT2D eigenvalue weighted by Crippen LogP contribution is 2.17. The van der Waals surface area contributed by atoms with Gasteiger partial charge in [-0.25, -0.2) is 5.43 Å². The fourth-order valence-corrected chi connectivity index (χ4v) is 3.06. The predicted octanol–water partition coefficient (Wildman–Crippen LogP) is 2.95. The smallest absolute Gasteiger partial charge is 0.257 e. The molecule has 0 fully saturated rings. The number of phenolic OH excluding ortho intramolecular Hbond substituents is 1. The zero-order valence-corrected chi connectivity index (χ0v) is 16.7. The first-order chi connectivity index (χ1) is 13.5. The minimum atomic E-state index is -0.364. The van der Waals surface area contributed by atoms with Gasteiger partial charge in [0.05, 0.1) is 12.6 Å². The standard InChI is InChI=1S/C18H14BrN5O3S/c19-13-5-3-12(4-6-13)17(27)21-18-24-23-16(28-18)9-15(26)22-20-10-11-1-7-14(25)8-2-11/h1-8,10,25H,9H2,(H,22,26)(H,21,24,27)/b20-10-. The Morgan fingerprint density at radius 3 is 2.54 bits per heavy atom. The molecule has 0 aliphatic heterocycles. The van der Waals surface area contributed by atoms with E-state index in [1.54, 1.807) is 36.4 Å². The van der Waals surface area contributed by atoms with Crippen LogP contribution in [0.2, 0.25) is 0 Å². The summed E-state index contributed by atoms with van der Waals surface area (Å²) in [7, 11) is 0. The number of hydrogen-bond donors (Lipinski definition) is 3. The number of benzene rings is 2. The predicted molar refractivity (Wildman–Crippen MR) is 110 cm³/mol. The minimum absolute atomic E-state index is 0.0151. The Hall–Kier alpha value is -3.11. The van der Waals surface area contributed by atoms with Crippen molar-refractivity contribution in [3.05, 3.63) is 69.1 Å². The van der Waals surface area contributed by atoms with Gasteiger partial charge in [0.15, 0.2) is 0 Å². The van der Waals surface area contributed by atoms with Crippen molar-refractivity contribution in [3.8, 4) is 5.75 Å². The second-order valence-electron chi connectivity index (χ2n) is 5.52. The highest BCUT2D eigenvalue weighted by atomic mass is 79.9. The monoisotopic (exact) mass is 459 g/mol. The summed E-state index contributed by atoms with van der Waals surface area (Å²) in [5.74, 6) is -0.518. The quantitative estimate of drug-likeness (QED) is 0.386. The molecule has 0 aliphatic carbocycles. The van der Waals surface area contributed by atoms with Crippen molar-refractivity contribution < 1.29 is 14.7 Å². The van der Waals surface area contributed by atoms with E-state index in [1.165, 1.54) is 18.3 Å². The second kappa shape index (κ2) is 9.20. The van der Waals surface area contributed by atoms with E-state index in [2.05, 4.69) is 42.0 Å². The first-order valence-corrected chi connectivity index (χ1v) is 9.61. The molecule has 0 saturated carbocycles. The molecule has 0 unspecified atom stereocenters. The topological polar surface area (TPSA) is 117 Å². The average Bonchev–Trinajstić information content (AvgIpc) is 3.10. The van der Waals surface area contributed by atoms with Crippen LogP contribution in [-0.4, -0.2) is 33.3 Å². The van der Waals surface area contributed by atoms with Crippen LogP contribution in [0, 0.1) is 0 Å². The Labute approximate surface area is 172 Å². The molecule has 2 amide bonds. The number of nitrogens with zero attached hydrogens (tertiary/aromatic N) is 3. The molecular formula is C18H14BrN5O3S. The van der Waals surface area contributed by atoms with Gasteiger partial charge in [-0.3, -0.25) is 14.9 Å². The number of hydrazone groups is 1. The number of carbonyl (C=O) groups excluding carboxylic acids is 2. The Balaban J connectivity index is 1.50. The molecule has 0 radical (unpaired) electrons. The number of nitrogens with one attached hydrogen (secondary N) is 2. The van der Waals surface area contributed by atoms with Crippen molar-refractivity contribution in [3.63, 3.8) is 0 Å². The van der Waals surface area contributed by atoms with Crippen LogP contribution < -0.4 is 10.7 Å². The Bertz CT molecular complexity index is 1000. The molecule has 3 aromatic rings. The molecule has 10 heteroatoms. The van der Waals surface area contributed by atoms with E-state index in [0.717, 1.165) is 21.4 Å². The maximum atomic E-state index is 12.2. The molecule has 1 aromatic heterocycles. The van der Waals surface area contributed by atoms with Crippen molar-refractivity contribution in [1.82, 2.24) is 15.6 Å². The number of halogens is 1. The zero-order chi connectivity index (χ0) is 19.9. The van der Waals surface area contributed by atoms with Crippen LogP contribution in [0.1, 0.15) is 20.9 Å². The van der Waals surface area contributed by atoms with Crippen LogP contribution in [0.15, 0.2) is 58.1 Å². The zero-order valence-electron chi connectivity index (χ0n) is 14.3. The number of carbonyl (C=O) groups is 2. The summed E-state index contributed by atoms with van der Waals surface area (Å²) in [6, 6.07) is 13.3. The van der Waals surface area contributed by atoms with Gasteiger partial charge in [-0.2, -0.15) is 5.10 Å². The average molecular weight is 460 g/mol. The third-order valence-electron chi connectivity index (χ3n) is 3.40. The Kier molecular flexibility index (Phi) is 6.45. The summed E-state index contributed by atoms with van der Waals surface area (Å²) >= 11 is 4.43. The van der Waals surface area contributed by atoms with Crippen LogP contribution in [-0.2, 0) is 11.2 Å². The van der Waals surface area contributed by atoms with E-state index in [9.17, 15) is 14.7 Å². The molecule has 2 aromatic carbocycles. The van der Waals surface area contributed by atoms with Gasteiger partial charge in [-0.15, -0.1) is 10.2 Å². The van der Waals surface area contributed by atoms with Crippen LogP contribution in [0.4, 0.5) is 5.13 Å². The van der Waals surface area contributed by atoms with Crippen molar-refractivity contribution in [1.29, 1.82) is 0 Å². The van der Waals surface area contributed by atoms with Gasteiger partial charge in [0.2, 0.25) is 11.0 Å². The third-order valence-corrected chi connectivity index (χ3v) is 4.77. The van der Waals surface area contributed by atoms with Crippen LogP contribution >= 0.6 is 27.3 Å². The molecule has 0 aliphatic rings. The van der Waals surface area contributed by atoms with Gasteiger partial charge in [0, 0.05) is 10.0 Å². The van der Waals surface area contributed by atoms with Crippen molar-refractivity contribution >= 4 is 50.4 Å². The van der Waals surface area contributed by atoms with E-state index in [4.69, 9.17) is 0 Å².